The summed E-state index contributed by atoms with van der Waals surface area (Å²) in [6.45, 7) is 1.36. The maximum atomic E-state index is 14.1. The molecule has 0 fully saturated rings. The first-order valence-electron chi connectivity index (χ1n) is 9.16. The minimum Gasteiger partial charge on any atom is -0.291 e. The first-order chi connectivity index (χ1) is 15.2. The number of benzene rings is 1. The number of aromatic nitrogens is 3. The molecule has 0 saturated heterocycles. The highest BCUT2D eigenvalue weighted by Gasteiger charge is 2.21. The quantitative estimate of drug-likeness (QED) is 0.404. The van der Waals surface area contributed by atoms with Crippen molar-refractivity contribution in [2.45, 2.75) is 19.9 Å². The summed E-state index contributed by atoms with van der Waals surface area (Å²) in [6.07, 6.45) is 2.12. The van der Waals surface area contributed by atoms with Crippen LogP contribution in [0.15, 0.2) is 40.2 Å². The van der Waals surface area contributed by atoms with E-state index in [0.717, 1.165) is 34.2 Å². The molecule has 32 heavy (non-hydrogen) atoms. The number of hydrogen-bond acceptors (Lipinski definition) is 5. The maximum Gasteiger partial charge on any atom is 0.336 e. The molecular formula is C21H12ClF3N4O2S. The Bertz CT molecular complexity index is 1550. The number of nitrogens with zero attached hydrogens (tertiary/aromatic N) is 4. The van der Waals surface area contributed by atoms with E-state index in [1.165, 1.54) is 23.8 Å². The topological polar surface area (TPSA) is 80.7 Å². The minimum atomic E-state index is -1.12. The SMILES string of the molecule is Cc1c(F)cncc1-n1c(=O)c2sc(-c3cc(F)c(F)cc3Cl)cc2n(CCC#N)c1=O. The average molecular weight is 477 g/mol. The van der Waals surface area contributed by atoms with E-state index in [-0.39, 0.29) is 45.0 Å². The summed E-state index contributed by atoms with van der Waals surface area (Å²) in [6, 6.07) is 5.11. The number of fused-ring (bicyclic) bond motifs is 1. The van der Waals surface area contributed by atoms with E-state index in [2.05, 4.69) is 4.98 Å². The lowest BCUT2D eigenvalue weighted by Crippen LogP contribution is -2.39. The fourth-order valence-electron chi connectivity index (χ4n) is 3.30. The van der Waals surface area contributed by atoms with Crippen LogP contribution in [-0.2, 0) is 6.54 Å². The fraction of sp³-hybridized carbons (Fsp3) is 0.143. The lowest BCUT2D eigenvalue weighted by Gasteiger charge is -2.12. The van der Waals surface area contributed by atoms with Gasteiger partial charge in [0.05, 0.1) is 41.1 Å². The smallest absolute Gasteiger partial charge is 0.291 e. The van der Waals surface area contributed by atoms with Crippen LogP contribution >= 0.6 is 22.9 Å². The first kappa shape index (κ1) is 21.8. The Balaban J connectivity index is 2.08. The largest absolute Gasteiger partial charge is 0.336 e. The highest BCUT2D eigenvalue weighted by atomic mass is 35.5. The van der Waals surface area contributed by atoms with E-state index in [9.17, 15) is 22.8 Å². The fourth-order valence-corrected chi connectivity index (χ4v) is 4.73. The molecule has 162 valence electrons. The van der Waals surface area contributed by atoms with Crippen molar-refractivity contribution in [3.05, 3.63) is 79.5 Å². The number of thiophene rings is 1. The summed E-state index contributed by atoms with van der Waals surface area (Å²) in [5.41, 5.74) is -1.16. The molecule has 4 aromatic rings. The maximum absolute atomic E-state index is 14.1. The molecule has 0 saturated carbocycles. The monoisotopic (exact) mass is 476 g/mol. The molecule has 0 aliphatic carbocycles. The summed E-state index contributed by atoms with van der Waals surface area (Å²) in [4.78, 5) is 30.5. The van der Waals surface area contributed by atoms with Crippen LogP contribution in [0.4, 0.5) is 13.2 Å². The zero-order valence-corrected chi connectivity index (χ0v) is 17.9. The van der Waals surface area contributed by atoms with E-state index in [1.54, 1.807) is 0 Å². The number of halogens is 4. The van der Waals surface area contributed by atoms with Crippen molar-refractivity contribution < 1.29 is 13.2 Å². The van der Waals surface area contributed by atoms with Crippen molar-refractivity contribution in [1.82, 2.24) is 14.1 Å². The molecule has 0 aliphatic rings. The van der Waals surface area contributed by atoms with E-state index in [0.29, 0.717) is 4.88 Å². The lowest BCUT2D eigenvalue weighted by atomic mass is 10.1. The molecule has 4 rings (SSSR count). The normalized spacial score (nSPS) is 11.1. The Hall–Kier alpha value is -3.42. The highest BCUT2D eigenvalue weighted by Crippen LogP contribution is 2.37. The van der Waals surface area contributed by atoms with Crippen molar-refractivity contribution >= 4 is 33.2 Å². The minimum absolute atomic E-state index is 0.0339. The third-order valence-corrected chi connectivity index (χ3v) is 6.37. The summed E-state index contributed by atoms with van der Waals surface area (Å²) in [5, 5.41) is 8.93. The zero-order valence-electron chi connectivity index (χ0n) is 16.3. The molecule has 0 unspecified atom stereocenters. The molecule has 0 spiro atoms. The number of pyridine rings is 1. The van der Waals surface area contributed by atoms with Gasteiger partial charge in [-0.1, -0.05) is 11.6 Å². The summed E-state index contributed by atoms with van der Waals surface area (Å²) in [7, 11) is 0. The van der Waals surface area contributed by atoms with Crippen LogP contribution in [-0.4, -0.2) is 14.1 Å². The second-order valence-corrected chi connectivity index (χ2v) is 8.28. The summed E-state index contributed by atoms with van der Waals surface area (Å²) < 4.78 is 43.5. The lowest BCUT2D eigenvalue weighted by molar-refractivity contribution is 0.509. The third kappa shape index (κ3) is 3.49. The van der Waals surface area contributed by atoms with Gasteiger partial charge in [0, 0.05) is 22.5 Å². The zero-order chi connectivity index (χ0) is 23.2. The number of hydrogen-bond donors (Lipinski definition) is 0. The van der Waals surface area contributed by atoms with Crippen LogP contribution in [0, 0.1) is 35.7 Å². The second kappa shape index (κ2) is 8.26. The first-order valence-corrected chi connectivity index (χ1v) is 10.4. The van der Waals surface area contributed by atoms with Gasteiger partial charge in [-0.25, -0.2) is 22.5 Å². The Kier molecular flexibility index (Phi) is 5.62. The van der Waals surface area contributed by atoms with Crippen molar-refractivity contribution in [3.63, 3.8) is 0 Å². The predicted octanol–water partition coefficient (Wildman–Crippen LogP) is 4.57. The van der Waals surface area contributed by atoms with Gasteiger partial charge in [0.2, 0.25) is 0 Å². The van der Waals surface area contributed by atoms with Crippen LogP contribution in [0.2, 0.25) is 5.02 Å². The number of nitriles is 1. The molecule has 3 heterocycles. The van der Waals surface area contributed by atoms with Gasteiger partial charge >= 0.3 is 5.69 Å². The molecule has 3 aromatic heterocycles. The molecular weight excluding hydrogens is 465 g/mol. The van der Waals surface area contributed by atoms with Gasteiger partial charge in [0.15, 0.2) is 11.6 Å². The Morgan fingerprint density at radius 3 is 2.56 bits per heavy atom. The van der Waals surface area contributed by atoms with Crippen molar-refractivity contribution in [2.75, 3.05) is 0 Å². The van der Waals surface area contributed by atoms with Crippen LogP contribution in [0.5, 0.6) is 0 Å². The Morgan fingerprint density at radius 2 is 1.84 bits per heavy atom. The van der Waals surface area contributed by atoms with Gasteiger partial charge in [-0.2, -0.15) is 5.26 Å². The van der Waals surface area contributed by atoms with E-state index in [1.807, 2.05) is 6.07 Å². The molecule has 1 aromatic carbocycles. The average Bonchev–Trinajstić information content (AvgIpc) is 3.19. The van der Waals surface area contributed by atoms with E-state index in [4.69, 9.17) is 16.9 Å². The van der Waals surface area contributed by atoms with Gasteiger partial charge in [-0.15, -0.1) is 11.3 Å². The van der Waals surface area contributed by atoms with Gasteiger partial charge in [-0.3, -0.25) is 14.3 Å². The summed E-state index contributed by atoms with van der Waals surface area (Å²) >= 11 is 7.00. The number of rotatable bonds is 4. The molecule has 0 bridgehead atoms. The van der Waals surface area contributed by atoms with E-state index >= 15 is 0 Å². The summed E-state index contributed by atoms with van der Waals surface area (Å²) in [5.74, 6) is -2.94. The molecule has 0 aliphatic heterocycles. The van der Waals surface area contributed by atoms with Gasteiger partial charge < -0.3 is 0 Å². The van der Waals surface area contributed by atoms with Crippen LogP contribution in [0.1, 0.15) is 12.0 Å². The molecule has 0 amide bonds. The Labute approximate surface area is 187 Å². The van der Waals surface area contributed by atoms with Crippen LogP contribution in [0.3, 0.4) is 0 Å². The molecule has 11 heteroatoms. The standard InChI is InChI=1S/C21H12ClF3N4O2S/c1-10-15(25)8-27-9-17(10)29-20(30)19-16(28(21(29)31)4-2-3-26)7-18(32-19)11-5-13(23)14(24)6-12(11)22/h5-9H,2,4H2,1H3. The number of aryl methyl sites for hydroxylation is 1. The Morgan fingerprint density at radius 1 is 1.12 bits per heavy atom. The third-order valence-electron chi connectivity index (χ3n) is 4.91. The molecule has 0 radical (unpaired) electrons. The van der Waals surface area contributed by atoms with Gasteiger partial charge in [0.25, 0.3) is 5.56 Å². The molecule has 0 N–H and O–H groups in total. The van der Waals surface area contributed by atoms with Crippen LogP contribution in [0.25, 0.3) is 26.3 Å². The van der Waals surface area contributed by atoms with Gasteiger partial charge in [-0.05, 0) is 25.1 Å². The molecule has 0 atom stereocenters. The molecule has 6 nitrogen and oxygen atoms in total. The van der Waals surface area contributed by atoms with Crippen molar-refractivity contribution in [3.8, 4) is 22.2 Å². The predicted molar refractivity (Wildman–Crippen MR) is 115 cm³/mol. The van der Waals surface area contributed by atoms with Crippen LogP contribution < -0.4 is 11.2 Å². The van der Waals surface area contributed by atoms with Crippen molar-refractivity contribution in [1.29, 1.82) is 5.26 Å². The van der Waals surface area contributed by atoms with E-state index < -0.39 is 28.7 Å². The highest BCUT2D eigenvalue weighted by molar-refractivity contribution is 7.22. The van der Waals surface area contributed by atoms with Gasteiger partial charge in [0.1, 0.15) is 10.5 Å². The van der Waals surface area contributed by atoms with Crippen molar-refractivity contribution in [2.24, 2.45) is 0 Å². The second-order valence-electron chi connectivity index (χ2n) is 6.82.